The van der Waals surface area contributed by atoms with Gasteiger partial charge in [0.2, 0.25) is 11.8 Å². The van der Waals surface area contributed by atoms with Gasteiger partial charge < -0.3 is 19.7 Å². The molecule has 3 rings (SSSR count). The van der Waals surface area contributed by atoms with E-state index in [0.717, 1.165) is 24.2 Å². The van der Waals surface area contributed by atoms with Crippen LogP contribution in [0.5, 0.6) is 11.5 Å². The van der Waals surface area contributed by atoms with Gasteiger partial charge in [-0.05, 0) is 24.1 Å². The monoisotopic (exact) mass is 354 g/mol. The molecular weight excluding hydrogens is 332 g/mol. The number of benzene rings is 2. The van der Waals surface area contributed by atoms with E-state index in [1.165, 1.54) is 0 Å². The number of nitrogens with zero attached hydrogens (tertiary/aromatic N) is 1. The lowest BCUT2D eigenvalue weighted by atomic mass is 10.1. The van der Waals surface area contributed by atoms with E-state index in [1.54, 1.807) is 37.3 Å². The Morgan fingerprint density at radius 3 is 2.27 bits per heavy atom. The lowest BCUT2D eigenvalue weighted by molar-refractivity contribution is -0.117. The van der Waals surface area contributed by atoms with Crippen molar-refractivity contribution in [1.82, 2.24) is 0 Å². The Hall–Kier alpha value is -3.02. The van der Waals surface area contributed by atoms with Crippen molar-refractivity contribution in [3.8, 4) is 11.5 Å². The van der Waals surface area contributed by atoms with Crippen molar-refractivity contribution in [2.45, 2.75) is 19.3 Å². The van der Waals surface area contributed by atoms with E-state index in [1.807, 2.05) is 24.3 Å². The Labute approximate surface area is 152 Å². The Morgan fingerprint density at radius 2 is 1.73 bits per heavy atom. The number of amides is 2. The highest BCUT2D eigenvalue weighted by Crippen LogP contribution is 2.26. The second-order valence-corrected chi connectivity index (χ2v) is 6.14. The van der Waals surface area contributed by atoms with Gasteiger partial charge in [-0.1, -0.05) is 12.1 Å². The second-order valence-electron chi connectivity index (χ2n) is 6.14. The van der Waals surface area contributed by atoms with Gasteiger partial charge >= 0.3 is 0 Å². The van der Waals surface area contributed by atoms with E-state index < -0.39 is 0 Å². The molecule has 0 aliphatic carbocycles. The molecule has 1 heterocycles. The summed E-state index contributed by atoms with van der Waals surface area (Å²) in [6.07, 6.45) is 1.74. The number of methoxy groups -OCH3 is 2. The van der Waals surface area contributed by atoms with Gasteiger partial charge in [0.25, 0.3) is 0 Å². The number of carbonyl (C=O) groups is 2. The zero-order chi connectivity index (χ0) is 18.5. The van der Waals surface area contributed by atoms with Crippen LogP contribution in [0.1, 0.15) is 18.4 Å². The van der Waals surface area contributed by atoms with Gasteiger partial charge in [-0.25, -0.2) is 0 Å². The zero-order valence-electron chi connectivity index (χ0n) is 15.0. The molecule has 6 nitrogen and oxygen atoms in total. The summed E-state index contributed by atoms with van der Waals surface area (Å²) in [6.45, 7) is 0.760. The maximum Gasteiger partial charge on any atom is 0.228 e. The summed E-state index contributed by atoms with van der Waals surface area (Å²) in [7, 11) is 3.13. The normalized spacial score (nSPS) is 13.6. The highest BCUT2D eigenvalue weighted by Gasteiger charge is 2.21. The molecule has 1 saturated heterocycles. The summed E-state index contributed by atoms with van der Waals surface area (Å²) in [5.41, 5.74) is 2.38. The Balaban J connectivity index is 1.64. The third-order valence-corrected chi connectivity index (χ3v) is 4.32. The highest BCUT2D eigenvalue weighted by molar-refractivity contribution is 5.95. The largest absolute Gasteiger partial charge is 0.497 e. The minimum atomic E-state index is -0.134. The molecule has 0 radical (unpaired) electrons. The molecule has 2 aromatic rings. The number of nitrogens with one attached hydrogen (secondary N) is 1. The minimum absolute atomic E-state index is 0.134. The molecule has 0 unspecified atom stereocenters. The standard InChI is InChI=1S/C20H22N2O4/c1-25-17-11-15(12-18(13-17)26-2)21-19(23)10-14-5-7-16(8-6-14)22-9-3-4-20(22)24/h5-8,11-13H,3-4,9-10H2,1-2H3,(H,21,23). The molecule has 1 fully saturated rings. The van der Waals surface area contributed by atoms with E-state index in [-0.39, 0.29) is 18.2 Å². The molecular formula is C20H22N2O4. The molecule has 0 spiro atoms. The average molecular weight is 354 g/mol. The number of carbonyl (C=O) groups excluding carboxylic acids is 2. The van der Waals surface area contributed by atoms with Crippen LogP contribution in [0.15, 0.2) is 42.5 Å². The molecule has 1 aliphatic heterocycles. The Bertz CT molecular complexity index is 780. The van der Waals surface area contributed by atoms with Gasteiger partial charge in [0.15, 0.2) is 0 Å². The maximum atomic E-state index is 12.3. The van der Waals surface area contributed by atoms with Crippen LogP contribution in [0.25, 0.3) is 0 Å². The SMILES string of the molecule is COc1cc(NC(=O)Cc2ccc(N3CCCC3=O)cc2)cc(OC)c1. The second kappa shape index (κ2) is 7.91. The van der Waals surface area contributed by atoms with Gasteiger partial charge in [-0.15, -0.1) is 0 Å². The minimum Gasteiger partial charge on any atom is -0.497 e. The molecule has 0 atom stereocenters. The third kappa shape index (κ3) is 4.14. The summed E-state index contributed by atoms with van der Waals surface area (Å²) in [5.74, 6) is 1.24. The van der Waals surface area contributed by atoms with Crippen LogP contribution in [0.2, 0.25) is 0 Å². The van der Waals surface area contributed by atoms with E-state index in [9.17, 15) is 9.59 Å². The van der Waals surface area contributed by atoms with Crippen LogP contribution in [0, 0.1) is 0 Å². The van der Waals surface area contributed by atoms with E-state index in [0.29, 0.717) is 23.6 Å². The van der Waals surface area contributed by atoms with Crippen molar-refractivity contribution in [2.24, 2.45) is 0 Å². The Kier molecular flexibility index (Phi) is 5.41. The summed E-state index contributed by atoms with van der Waals surface area (Å²) in [4.78, 5) is 25.9. The van der Waals surface area contributed by atoms with E-state index >= 15 is 0 Å². The first-order valence-corrected chi connectivity index (χ1v) is 8.51. The molecule has 0 bridgehead atoms. The molecule has 1 aliphatic rings. The number of anilines is 2. The molecule has 2 amide bonds. The topological polar surface area (TPSA) is 67.9 Å². The predicted octanol–water partition coefficient (Wildman–Crippen LogP) is 3.01. The van der Waals surface area contributed by atoms with Crippen molar-refractivity contribution in [3.05, 3.63) is 48.0 Å². The smallest absolute Gasteiger partial charge is 0.228 e. The fourth-order valence-corrected chi connectivity index (χ4v) is 2.99. The van der Waals surface area contributed by atoms with Crippen molar-refractivity contribution in [2.75, 3.05) is 31.0 Å². The number of hydrogen-bond donors (Lipinski definition) is 1. The van der Waals surface area contributed by atoms with Gasteiger partial charge in [0.05, 0.1) is 20.6 Å². The first kappa shape index (κ1) is 17.8. The summed E-state index contributed by atoms with van der Waals surface area (Å²) >= 11 is 0. The van der Waals surface area contributed by atoms with Crippen molar-refractivity contribution >= 4 is 23.2 Å². The Morgan fingerprint density at radius 1 is 1.08 bits per heavy atom. The van der Waals surface area contributed by atoms with Crippen LogP contribution in [-0.2, 0) is 16.0 Å². The van der Waals surface area contributed by atoms with Crippen molar-refractivity contribution < 1.29 is 19.1 Å². The van der Waals surface area contributed by atoms with Gasteiger partial charge in [0, 0.05) is 42.5 Å². The summed E-state index contributed by atoms with van der Waals surface area (Å²) in [6, 6.07) is 12.8. The lowest BCUT2D eigenvalue weighted by Crippen LogP contribution is -2.23. The molecule has 1 N–H and O–H groups in total. The fraction of sp³-hybridized carbons (Fsp3) is 0.300. The van der Waals surface area contributed by atoms with E-state index in [2.05, 4.69) is 5.32 Å². The third-order valence-electron chi connectivity index (χ3n) is 4.32. The van der Waals surface area contributed by atoms with Crippen LogP contribution in [-0.4, -0.2) is 32.6 Å². The van der Waals surface area contributed by atoms with Crippen LogP contribution in [0.4, 0.5) is 11.4 Å². The van der Waals surface area contributed by atoms with Crippen molar-refractivity contribution in [3.63, 3.8) is 0 Å². The van der Waals surface area contributed by atoms with Crippen LogP contribution < -0.4 is 19.7 Å². The molecule has 2 aromatic carbocycles. The van der Waals surface area contributed by atoms with Gasteiger partial charge in [0.1, 0.15) is 11.5 Å². The quantitative estimate of drug-likeness (QED) is 0.866. The maximum absolute atomic E-state index is 12.3. The molecule has 6 heteroatoms. The number of hydrogen-bond acceptors (Lipinski definition) is 4. The van der Waals surface area contributed by atoms with Gasteiger partial charge in [-0.3, -0.25) is 9.59 Å². The van der Waals surface area contributed by atoms with Gasteiger partial charge in [-0.2, -0.15) is 0 Å². The van der Waals surface area contributed by atoms with E-state index in [4.69, 9.17) is 9.47 Å². The first-order valence-electron chi connectivity index (χ1n) is 8.51. The number of rotatable bonds is 6. The number of ether oxygens (including phenoxy) is 2. The highest BCUT2D eigenvalue weighted by atomic mass is 16.5. The lowest BCUT2D eigenvalue weighted by Gasteiger charge is -2.16. The average Bonchev–Trinajstić information content (AvgIpc) is 3.07. The predicted molar refractivity (Wildman–Crippen MR) is 99.9 cm³/mol. The first-order chi connectivity index (χ1) is 12.6. The molecule has 26 heavy (non-hydrogen) atoms. The van der Waals surface area contributed by atoms with Crippen molar-refractivity contribution in [1.29, 1.82) is 0 Å². The molecule has 0 saturated carbocycles. The molecule has 0 aromatic heterocycles. The summed E-state index contributed by atoms with van der Waals surface area (Å²) < 4.78 is 10.4. The fourth-order valence-electron chi connectivity index (χ4n) is 2.99. The van der Waals surface area contributed by atoms with Crippen LogP contribution in [0.3, 0.4) is 0 Å². The summed E-state index contributed by atoms with van der Waals surface area (Å²) in [5, 5.41) is 2.85. The van der Waals surface area contributed by atoms with Crippen LogP contribution >= 0.6 is 0 Å². The zero-order valence-corrected chi connectivity index (χ0v) is 15.0. The molecule has 136 valence electrons.